The van der Waals surface area contributed by atoms with Crippen LogP contribution in [0, 0.1) is 13.8 Å². The Labute approximate surface area is 191 Å². The number of aliphatic hydroxyl groups is 1. The molecule has 2 saturated heterocycles. The Morgan fingerprint density at radius 2 is 1.88 bits per heavy atom. The lowest BCUT2D eigenvalue weighted by atomic mass is 9.94. The second-order valence-corrected chi connectivity index (χ2v) is 8.60. The van der Waals surface area contributed by atoms with Crippen molar-refractivity contribution < 1.29 is 19.4 Å². The third-order valence-corrected chi connectivity index (χ3v) is 6.32. The van der Waals surface area contributed by atoms with E-state index in [-0.39, 0.29) is 11.3 Å². The highest BCUT2D eigenvalue weighted by Crippen LogP contribution is 2.40. The van der Waals surface area contributed by atoms with Gasteiger partial charge < -0.3 is 14.7 Å². The summed E-state index contributed by atoms with van der Waals surface area (Å²) in [5.41, 5.74) is 2.45. The molecule has 1 atom stereocenters. The minimum absolute atomic E-state index is 0.0799. The first-order valence-electron chi connectivity index (χ1n) is 10.7. The van der Waals surface area contributed by atoms with E-state index in [1.54, 1.807) is 43.0 Å². The molecular formula is C23H27ClN4O4. The van der Waals surface area contributed by atoms with Gasteiger partial charge in [0.15, 0.2) is 0 Å². The first-order valence-corrected chi connectivity index (χ1v) is 11.1. The van der Waals surface area contributed by atoms with E-state index in [1.165, 1.54) is 0 Å². The lowest BCUT2D eigenvalue weighted by Gasteiger charge is -2.29. The van der Waals surface area contributed by atoms with E-state index in [1.807, 2.05) is 0 Å². The zero-order valence-electron chi connectivity index (χ0n) is 18.2. The summed E-state index contributed by atoms with van der Waals surface area (Å²) in [6, 6.07) is 6.33. The molecule has 170 valence electrons. The van der Waals surface area contributed by atoms with Gasteiger partial charge in [0.05, 0.1) is 36.1 Å². The summed E-state index contributed by atoms with van der Waals surface area (Å²) in [6.07, 6.45) is 0.709. The van der Waals surface area contributed by atoms with Gasteiger partial charge in [0.1, 0.15) is 5.76 Å². The topological polar surface area (TPSA) is 98.8 Å². The minimum Gasteiger partial charge on any atom is -0.507 e. The Morgan fingerprint density at radius 3 is 2.50 bits per heavy atom. The number of aromatic amines is 1. The molecule has 8 nitrogen and oxygen atoms in total. The van der Waals surface area contributed by atoms with Crippen molar-refractivity contribution in [1.82, 2.24) is 20.0 Å². The van der Waals surface area contributed by atoms with Crippen molar-refractivity contribution in [1.29, 1.82) is 0 Å². The number of benzene rings is 1. The Balaban J connectivity index is 1.69. The van der Waals surface area contributed by atoms with Crippen LogP contribution in [0.25, 0.3) is 5.76 Å². The number of amides is 1. The predicted molar refractivity (Wildman–Crippen MR) is 120 cm³/mol. The van der Waals surface area contributed by atoms with Crippen LogP contribution in [-0.4, -0.2) is 76.2 Å². The molecule has 4 rings (SSSR count). The molecule has 2 fully saturated rings. The summed E-state index contributed by atoms with van der Waals surface area (Å²) >= 11 is 6.07. The molecule has 0 saturated carbocycles. The molecule has 1 aromatic carbocycles. The van der Waals surface area contributed by atoms with E-state index in [4.69, 9.17) is 16.3 Å². The number of rotatable bonds is 6. The molecule has 9 heteroatoms. The number of carbonyl (C=O) groups excluding carboxylic acids is 2. The lowest BCUT2D eigenvalue weighted by Crippen LogP contribution is -2.38. The second kappa shape index (κ2) is 9.44. The summed E-state index contributed by atoms with van der Waals surface area (Å²) in [6.45, 7) is 7.85. The number of H-pyrrole nitrogens is 1. The van der Waals surface area contributed by atoms with Crippen molar-refractivity contribution in [3.05, 3.63) is 57.4 Å². The van der Waals surface area contributed by atoms with Crippen molar-refractivity contribution >= 4 is 29.1 Å². The molecule has 2 N–H and O–H groups in total. The minimum atomic E-state index is -0.689. The number of likely N-dealkylation sites (tertiary alicyclic amines) is 1. The Kier molecular flexibility index (Phi) is 6.64. The van der Waals surface area contributed by atoms with Crippen LogP contribution in [0.3, 0.4) is 0 Å². The lowest BCUT2D eigenvalue weighted by molar-refractivity contribution is -0.140. The van der Waals surface area contributed by atoms with Crippen molar-refractivity contribution in [3.63, 3.8) is 0 Å². The quantitative estimate of drug-likeness (QED) is 0.392. The van der Waals surface area contributed by atoms with E-state index in [0.29, 0.717) is 48.2 Å². The largest absolute Gasteiger partial charge is 0.507 e. The van der Waals surface area contributed by atoms with Crippen molar-refractivity contribution in [3.8, 4) is 0 Å². The predicted octanol–water partition coefficient (Wildman–Crippen LogP) is 2.82. The first kappa shape index (κ1) is 22.5. The number of ketones is 1. The molecule has 2 aliphatic rings. The van der Waals surface area contributed by atoms with Gasteiger partial charge >= 0.3 is 0 Å². The SMILES string of the molecule is Cc1n[nH]c(C)c1C(O)=C1C(=O)C(=O)N(CCCN2CCOCC2)[C@@H]1c1ccc(Cl)cc1. The van der Waals surface area contributed by atoms with Gasteiger partial charge in [0.25, 0.3) is 11.7 Å². The Hall–Kier alpha value is -2.68. The maximum Gasteiger partial charge on any atom is 0.295 e. The van der Waals surface area contributed by atoms with Crippen molar-refractivity contribution in [2.75, 3.05) is 39.4 Å². The van der Waals surface area contributed by atoms with E-state index in [9.17, 15) is 14.7 Å². The monoisotopic (exact) mass is 458 g/mol. The number of aromatic nitrogens is 2. The van der Waals surface area contributed by atoms with Gasteiger partial charge in [-0.15, -0.1) is 0 Å². The summed E-state index contributed by atoms with van der Waals surface area (Å²) in [7, 11) is 0. The number of hydrogen-bond donors (Lipinski definition) is 2. The van der Waals surface area contributed by atoms with Gasteiger partial charge in [0, 0.05) is 36.9 Å². The molecular weight excluding hydrogens is 432 g/mol. The van der Waals surface area contributed by atoms with Crippen molar-refractivity contribution in [2.24, 2.45) is 0 Å². The van der Waals surface area contributed by atoms with E-state index in [2.05, 4.69) is 15.1 Å². The number of Topliss-reactive ketones (excluding diaryl/α,β-unsaturated/α-hetero) is 1. The number of aryl methyl sites for hydroxylation is 2. The molecule has 0 aliphatic carbocycles. The van der Waals surface area contributed by atoms with Crippen LogP contribution in [0.15, 0.2) is 29.8 Å². The van der Waals surface area contributed by atoms with Gasteiger partial charge in [-0.05, 0) is 38.0 Å². The highest BCUT2D eigenvalue weighted by Gasteiger charge is 2.46. The zero-order chi connectivity index (χ0) is 22.8. The molecule has 0 spiro atoms. The van der Waals surface area contributed by atoms with E-state index < -0.39 is 17.7 Å². The number of hydrogen-bond acceptors (Lipinski definition) is 6. The van der Waals surface area contributed by atoms with Gasteiger partial charge in [0.2, 0.25) is 0 Å². The van der Waals surface area contributed by atoms with Crippen LogP contribution in [0.1, 0.15) is 35.0 Å². The summed E-state index contributed by atoms with van der Waals surface area (Å²) < 4.78 is 5.39. The molecule has 2 aromatic rings. The van der Waals surface area contributed by atoms with Crippen LogP contribution in [0.5, 0.6) is 0 Å². The maximum atomic E-state index is 13.1. The van der Waals surface area contributed by atoms with Gasteiger partial charge in [-0.25, -0.2) is 0 Å². The Morgan fingerprint density at radius 1 is 1.19 bits per heavy atom. The fourth-order valence-electron chi connectivity index (χ4n) is 4.43. The third kappa shape index (κ3) is 4.30. The maximum absolute atomic E-state index is 13.1. The Bertz CT molecular complexity index is 1020. The normalized spacial score (nSPS) is 21.5. The standard InChI is InChI=1S/C23H27ClN4O4/c1-14-18(15(2)26-25-14)21(29)19-20(16-4-6-17(24)7-5-16)28(23(31)22(19)30)9-3-8-27-10-12-32-13-11-27/h4-7,20,29H,3,8-13H2,1-2H3,(H,25,26)/t20-/m1/s1. The zero-order valence-corrected chi connectivity index (χ0v) is 19.0. The molecule has 0 unspecified atom stereocenters. The average molecular weight is 459 g/mol. The number of nitrogens with one attached hydrogen (secondary N) is 1. The number of morpholine rings is 1. The first-order chi connectivity index (χ1) is 15.4. The molecule has 1 aromatic heterocycles. The van der Waals surface area contributed by atoms with E-state index >= 15 is 0 Å². The van der Waals surface area contributed by atoms with Crippen LogP contribution in [0.4, 0.5) is 0 Å². The number of carbonyl (C=O) groups is 2. The summed E-state index contributed by atoms with van der Waals surface area (Å²) in [5.74, 6) is -1.50. The van der Waals surface area contributed by atoms with Crippen LogP contribution < -0.4 is 0 Å². The van der Waals surface area contributed by atoms with Gasteiger partial charge in [-0.2, -0.15) is 5.10 Å². The molecule has 1 amide bonds. The van der Waals surface area contributed by atoms with Crippen molar-refractivity contribution in [2.45, 2.75) is 26.3 Å². The van der Waals surface area contributed by atoms with Crippen LogP contribution >= 0.6 is 11.6 Å². The fraction of sp³-hybridized carbons (Fsp3) is 0.435. The summed E-state index contributed by atoms with van der Waals surface area (Å²) in [5, 5.41) is 18.7. The molecule has 0 radical (unpaired) electrons. The second-order valence-electron chi connectivity index (χ2n) is 8.16. The third-order valence-electron chi connectivity index (χ3n) is 6.07. The molecule has 32 heavy (non-hydrogen) atoms. The highest BCUT2D eigenvalue weighted by molar-refractivity contribution is 6.46. The summed E-state index contributed by atoms with van der Waals surface area (Å²) in [4.78, 5) is 30.0. The number of halogens is 1. The highest BCUT2D eigenvalue weighted by atomic mass is 35.5. The number of nitrogens with zero attached hydrogens (tertiary/aromatic N) is 3. The molecule has 2 aliphatic heterocycles. The molecule has 0 bridgehead atoms. The number of ether oxygens (including phenoxy) is 1. The van der Waals surface area contributed by atoms with Crippen LogP contribution in [0.2, 0.25) is 5.02 Å². The van der Waals surface area contributed by atoms with E-state index in [0.717, 1.165) is 25.2 Å². The van der Waals surface area contributed by atoms with Gasteiger partial charge in [-0.1, -0.05) is 23.7 Å². The molecule has 3 heterocycles. The van der Waals surface area contributed by atoms with Crippen LogP contribution in [-0.2, 0) is 14.3 Å². The number of aliphatic hydroxyl groups excluding tert-OH is 1. The van der Waals surface area contributed by atoms with Gasteiger partial charge in [-0.3, -0.25) is 19.6 Å². The average Bonchev–Trinajstić information content (AvgIpc) is 3.25. The smallest absolute Gasteiger partial charge is 0.295 e. The fourth-order valence-corrected chi connectivity index (χ4v) is 4.55.